The minimum atomic E-state index is -0.629. The Labute approximate surface area is 158 Å². The lowest BCUT2D eigenvalue weighted by molar-refractivity contribution is -0.122. The van der Waals surface area contributed by atoms with Crippen molar-refractivity contribution < 1.29 is 9.18 Å². The molecule has 144 valence electrons. The summed E-state index contributed by atoms with van der Waals surface area (Å²) in [7, 11) is 0. The molecule has 5 N–H and O–H groups in total. The Morgan fingerprint density at radius 3 is 2.56 bits per heavy atom. The van der Waals surface area contributed by atoms with Gasteiger partial charge < -0.3 is 16.8 Å². The van der Waals surface area contributed by atoms with Gasteiger partial charge in [0.15, 0.2) is 0 Å². The summed E-state index contributed by atoms with van der Waals surface area (Å²) in [5.74, 6) is 0.712. The van der Waals surface area contributed by atoms with Gasteiger partial charge in [-0.2, -0.15) is 0 Å². The SMILES string of the molecule is Nc1nccc(C2CCC(CNC(=O)[C@H](N)Cc3ccc(F)cc3)CC2)n1. The molecule has 2 aromatic rings. The zero-order valence-corrected chi connectivity index (χ0v) is 15.3. The van der Waals surface area contributed by atoms with Crippen LogP contribution in [0.2, 0.25) is 0 Å². The second kappa shape index (κ2) is 8.90. The first-order valence-corrected chi connectivity index (χ1v) is 9.37. The van der Waals surface area contributed by atoms with Crippen molar-refractivity contribution in [1.29, 1.82) is 0 Å². The lowest BCUT2D eigenvalue weighted by Crippen LogP contribution is -2.44. The van der Waals surface area contributed by atoms with E-state index in [9.17, 15) is 9.18 Å². The fraction of sp³-hybridized carbons (Fsp3) is 0.450. The van der Waals surface area contributed by atoms with Gasteiger partial charge in [0, 0.05) is 24.4 Å². The zero-order chi connectivity index (χ0) is 19.2. The van der Waals surface area contributed by atoms with Gasteiger partial charge in [0.1, 0.15) is 5.82 Å². The maximum atomic E-state index is 12.9. The number of anilines is 1. The number of carbonyl (C=O) groups excluding carboxylic acids is 1. The average molecular weight is 371 g/mol. The number of aromatic nitrogens is 2. The van der Waals surface area contributed by atoms with Crippen LogP contribution >= 0.6 is 0 Å². The summed E-state index contributed by atoms with van der Waals surface area (Å²) < 4.78 is 12.9. The smallest absolute Gasteiger partial charge is 0.237 e. The Morgan fingerprint density at radius 1 is 1.19 bits per heavy atom. The van der Waals surface area contributed by atoms with Gasteiger partial charge in [0.2, 0.25) is 11.9 Å². The van der Waals surface area contributed by atoms with E-state index in [1.165, 1.54) is 12.1 Å². The summed E-state index contributed by atoms with van der Waals surface area (Å²) in [6, 6.07) is 7.37. The second-order valence-electron chi connectivity index (χ2n) is 7.24. The summed E-state index contributed by atoms with van der Waals surface area (Å²) in [5, 5.41) is 2.96. The quantitative estimate of drug-likeness (QED) is 0.721. The number of halogens is 1. The molecule has 1 saturated carbocycles. The van der Waals surface area contributed by atoms with Crippen molar-refractivity contribution in [3.8, 4) is 0 Å². The van der Waals surface area contributed by atoms with E-state index in [1.54, 1.807) is 18.3 Å². The van der Waals surface area contributed by atoms with Gasteiger partial charge in [0.05, 0.1) is 6.04 Å². The molecule has 3 rings (SSSR count). The van der Waals surface area contributed by atoms with Gasteiger partial charge in [-0.25, -0.2) is 14.4 Å². The van der Waals surface area contributed by atoms with Crippen molar-refractivity contribution in [3.63, 3.8) is 0 Å². The normalized spacial score (nSPS) is 20.8. The number of nitrogen functional groups attached to an aromatic ring is 1. The highest BCUT2D eigenvalue weighted by atomic mass is 19.1. The molecule has 0 spiro atoms. The Balaban J connectivity index is 1.41. The molecule has 1 fully saturated rings. The van der Waals surface area contributed by atoms with Gasteiger partial charge in [-0.1, -0.05) is 12.1 Å². The fourth-order valence-electron chi connectivity index (χ4n) is 3.62. The van der Waals surface area contributed by atoms with Gasteiger partial charge in [-0.05, 0) is 61.8 Å². The minimum Gasteiger partial charge on any atom is -0.368 e. The van der Waals surface area contributed by atoms with E-state index >= 15 is 0 Å². The fourth-order valence-corrected chi connectivity index (χ4v) is 3.62. The molecule has 1 aliphatic carbocycles. The standard InChI is InChI=1S/C20H26FN5O/c21-16-7-3-13(4-8-16)11-17(22)19(27)25-12-14-1-5-15(6-2-14)18-9-10-24-20(23)26-18/h3-4,7-10,14-15,17H,1-2,5-6,11-12,22H2,(H,25,27)(H2,23,24,26)/t14?,15?,17-/m1/s1. The largest absolute Gasteiger partial charge is 0.368 e. The molecule has 6 nitrogen and oxygen atoms in total. The molecular weight excluding hydrogens is 345 g/mol. The monoisotopic (exact) mass is 371 g/mol. The molecule has 0 unspecified atom stereocenters. The van der Waals surface area contributed by atoms with E-state index in [4.69, 9.17) is 11.5 Å². The first-order chi connectivity index (χ1) is 13.0. The van der Waals surface area contributed by atoms with E-state index in [0.717, 1.165) is 36.9 Å². The van der Waals surface area contributed by atoms with Crippen LogP contribution in [0.3, 0.4) is 0 Å². The van der Waals surface area contributed by atoms with Gasteiger partial charge >= 0.3 is 0 Å². The predicted octanol–water partition coefficient (Wildman–Crippen LogP) is 2.16. The Morgan fingerprint density at radius 2 is 1.89 bits per heavy atom. The number of hydrogen-bond donors (Lipinski definition) is 3. The minimum absolute atomic E-state index is 0.162. The van der Waals surface area contributed by atoms with Crippen molar-refractivity contribution in [3.05, 3.63) is 53.6 Å². The van der Waals surface area contributed by atoms with Crippen LogP contribution in [-0.4, -0.2) is 28.5 Å². The molecule has 0 aliphatic heterocycles. The molecule has 0 bridgehead atoms. The number of hydrogen-bond acceptors (Lipinski definition) is 5. The van der Waals surface area contributed by atoms with Gasteiger partial charge in [-0.15, -0.1) is 0 Å². The summed E-state index contributed by atoms with van der Waals surface area (Å²) in [6.45, 7) is 0.634. The van der Waals surface area contributed by atoms with E-state index in [-0.39, 0.29) is 11.7 Å². The molecule has 0 saturated heterocycles. The summed E-state index contributed by atoms with van der Waals surface area (Å²) in [5.41, 5.74) is 13.5. The van der Waals surface area contributed by atoms with Crippen LogP contribution in [0.15, 0.2) is 36.5 Å². The second-order valence-corrected chi connectivity index (χ2v) is 7.24. The van der Waals surface area contributed by atoms with E-state index in [2.05, 4.69) is 15.3 Å². The predicted molar refractivity (Wildman–Crippen MR) is 102 cm³/mol. The molecule has 7 heteroatoms. The molecule has 1 atom stereocenters. The summed E-state index contributed by atoms with van der Waals surface area (Å²) >= 11 is 0. The van der Waals surface area contributed by atoms with Crippen LogP contribution in [-0.2, 0) is 11.2 Å². The maximum Gasteiger partial charge on any atom is 0.237 e. The number of carbonyl (C=O) groups is 1. The topological polar surface area (TPSA) is 107 Å². The molecule has 0 radical (unpaired) electrons. The van der Waals surface area contributed by atoms with Crippen molar-refractivity contribution in [1.82, 2.24) is 15.3 Å². The van der Waals surface area contributed by atoms with Crippen LogP contribution in [0, 0.1) is 11.7 Å². The summed E-state index contributed by atoms with van der Waals surface area (Å²) in [4.78, 5) is 20.5. The van der Waals surface area contributed by atoms with E-state index in [0.29, 0.717) is 30.7 Å². The van der Waals surface area contributed by atoms with Crippen LogP contribution in [0.1, 0.15) is 42.9 Å². The Kier molecular flexibility index (Phi) is 6.34. The van der Waals surface area contributed by atoms with Crippen LogP contribution in [0.5, 0.6) is 0 Å². The van der Waals surface area contributed by atoms with Crippen LogP contribution in [0.4, 0.5) is 10.3 Å². The van der Waals surface area contributed by atoms with Crippen LogP contribution < -0.4 is 16.8 Å². The Hall–Kier alpha value is -2.54. The highest BCUT2D eigenvalue weighted by Gasteiger charge is 2.24. The number of nitrogens with zero attached hydrogens (tertiary/aromatic N) is 2. The molecule has 27 heavy (non-hydrogen) atoms. The number of nitrogens with two attached hydrogens (primary N) is 2. The number of amides is 1. The summed E-state index contributed by atoms with van der Waals surface area (Å²) in [6.07, 6.45) is 6.21. The van der Waals surface area contributed by atoms with Crippen molar-refractivity contribution in [2.45, 2.75) is 44.1 Å². The van der Waals surface area contributed by atoms with Crippen molar-refractivity contribution in [2.75, 3.05) is 12.3 Å². The third kappa shape index (κ3) is 5.47. The molecule has 1 heterocycles. The van der Waals surface area contributed by atoms with Gasteiger partial charge in [0.25, 0.3) is 0 Å². The number of nitrogens with one attached hydrogen (secondary N) is 1. The van der Waals surface area contributed by atoms with E-state index < -0.39 is 6.04 Å². The molecule has 1 aromatic heterocycles. The lowest BCUT2D eigenvalue weighted by atomic mass is 9.80. The third-order valence-corrected chi connectivity index (χ3v) is 5.23. The van der Waals surface area contributed by atoms with Gasteiger partial charge in [-0.3, -0.25) is 4.79 Å². The zero-order valence-electron chi connectivity index (χ0n) is 15.3. The van der Waals surface area contributed by atoms with Crippen LogP contribution in [0.25, 0.3) is 0 Å². The van der Waals surface area contributed by atoms with Crippen molar-refractivity contribution >= 4 is 11.9 Å². The average Bonchev–Trinajstić information content (AvgIpc) is 2.68. The highest BCUT2D eigenvalue weighted by Crippen LogP contribution is 2.34. The number of rotatable bonds is 6. The Bertz CT molecular complexity index is 759. The highest BCUT2D eigenvalue weighted by molar-refractivity contribution is 5.81. The first-order valence-electron chi connectivity index (χ1n) is 9.37. The molecular formula is C20H26FN5O. The maximum absolute atomic E-state index is 12.9. The lowest BCUT2D eigenvalue weighted by Gasteiger charge is -2.28. The van der Waals surface area contributed by atoms with Crippen molar-refractivity contribution in [2.24, 2.45) is 11.7 Å². The molecule has 1 aromatic carbocycles. The number of benzene rings is 1. The third-order valence-electron chi connectivity index (χ3n) is 5.23. The molecule has 1 aliphatic rings. The molecule has 1 amide bonds. The van der Waals surface area contributed by atoms with E-state index in [1.807, 2.05) is 6.07 Å². The first kappa shape index (κ1) is 19.2.